The van der Waals surface area contributed by atoms with Gasteiger partial charge in [0.05, 0.1) is 5.56 Å². The molecule has 0 aliphatic rings. The van der Waals surface area contributed by atoms with Crippen LogP contribution in [0.2, 0.25) is 0 Å². The van der Waals surface area contributed by atoms with Gasteiger partial charge in [-0.05, 0) is 47.7 Å². The normalized spacial score (nSPS) is 12.0. The predicted molar refractivity (Wildman–Crippen MR) is 95.4 cm³/mol. The molecule has 3 nitrogen and oxygen atoms in total. The first-order chi connectivity index (χ1) is 12.0. The number of amides is 1. The molecule has 140 valence electrons. The zero-order valence-electron chi connectivity index (χ0n) is 15.2. The second-order valence-corrected chi connectivity index (χ2v) is 7.17. The fourth-order valence-electron chi connectivity index (χ4n) is 2.48. The fraction of sp³-hybridized carbons (Fsp3) is 0.350. The van der Waals surface area contributed by atoms with E-state index in [9.17, 15) is 18.0 Å². The number of carbonyl (C=O) groups excluding carboxylic acids is 1. The van der Waals surface area contributed by atoms with Crippen LogP contribution in [0.15, 0.2) is 42.5 Å². The van der Waals surface area contributed by atoms with E-state index in [4.69, 9.17) is 4.74 Å². The summed E-state index contributed by atoms with van der Waals surface area (Å²) in [7, 11) is 0. The van der Waals surface area contributed by atoms with Crippen LogP contribution < -0.4 is 10.1 Å². The highest BCUT2D eigenvalue weighted by Gasteiger charge is 2.30. The molecule has 0 saturated carbocycles. The Kier molecular flexibility index (Phi) is 5.64. The number of carbonyl (C=O) groups is 1. The third kappa shape index (κ3) is 5.25. The van der Waals surface area contributed by atoms with Crippen molar-refractivity contribution in [3.05, 3.63) is 59.2 Å². The molecule has 0 radical (unpaired) electrons. The Balaban J connectivity index is 2.08. The Bertz CT molecular complexity index is 792. The van der Waals surface area contributed by atoms with Crippen molar-refractivity contribution in [2.75, 3.05) is 11.9 Å². The SMILES string of the molecule is Cc1ccc(C(C)(C)C)c(OCC(=O)Nc2cccc(C(F)(F)F)c2)c1. The average molecular weight is 365 g/mol. The second-order valence-electron chi connectivity index (χ2n) is 7.17. The maximum atomic E-state index is 12.7. The van der Waals surface area contributed by atoms with Crippen LogP contribution in [0.1, 0.15) is 37.5 Å². The lowest BCUT2D eigenvalue weighted by molar-refractivity contribution is -0.137. The number of halogens is 3. The van der Waals surface area contributed by atoms with Crippen LogP contribution in [-0.2, 0) is 16.4 Å². The molecule has 0 aromatic heterocycles. The first-order valence-electron chi connectivity index (χ1n) is 8.18. The van der Waals surface area contributed by atoms with Crippen molar-refractivity contribution in [2.24, 2.45) is 0 Å². The molecule has 0 aliphatic heterocycles. The van der Waals surface area contributed by atoms with E-state index in [-0.39, 0.29) is 17.7 Å². The summed E-state index contributed by atoms with van der Waals surface area (Å²) in [5.74, 6) is 0.0717. The lowest BCUT2D eigenvalue weighted by Crippen LogP contribution is -2.22. The topological polar surface area (TPSA) is 38.3 Å². The van der Waals surface area contributed by atoms with Crippen molar-refractivity contribution in [3.63, 3.8) is 0 Å². The Morgan fingerprint density at radius 2 is 1.77 bits per heavy atom. The summed E-state index contributed by atoms with van der Waals surface area (Å²) in [6.07, 6.45) is -4.46. The van der Waals surface area contributed by atoms with Crippen LogP contribution in [-0.4, -0.2) is 12.5 Å². The van der Waals surface area contributed by atoms with Crippen molar-refractivity contribution >= 4 is 11.6 Å². The van der Waals surface area contributed by atoms with Gasteiger partial charge in [0.1, 0.15) is 5.75 Å². The van der Waals surface area contributed by atoms with E-state index in [0.29, 0.717) is 5.75 Å². The molecular weight excluding hydrogens is 343 g/mol. The molecule has 1 amide bonds. The summed E-state index contributed by atoms with van der Waals surface area (Å²) in [5, 5.41) is 2.43. The molecule has 0 aliphatic carbocycles. The molecule has 2 rings (SSSR count). The monoisotopic (exact) mass is 365 g/mol. The minimum Gasteiger partial charge on any atom is -0.483 e. The molecule has 6 heteroatoms. The highest BCUT2D eigenvalue weighted by atomic mass is 19.4. The largest absolute Gasteiger partial charge is 0.483 e. The third-order valence-electron chi connectivity index (χ3n) is 3.78. The highest BCUT2D eigenvalue weighted by molar-refractivity contribution is 5.92. The number of rotatable bonds is 4. The van der Waals surface area contributed by atoms with Crippen LogP contribution in [0.4, 0.5) is 18.9 Å². The summed E-state index contributed by atoms with van der Waals surface area (Å²) in [6, 6.07) is 10.3. The molecule has 0 atom stereocenters. The summed E-state index contributed by atoms with van der Waals surface area (Å²) >= 11 is 0. The van der Waals surface area contributed by atoms with E-state index in [1.165, 1.54) is 12.1 Å². The minimum atomic E-state index is -4.46. The van der Waals surface area contributed by atoms with Crippen molar-refractivity contribution < 1.29 is 22.7 Å². The first kappa shape index (κ1) is 19.8. The lowest BCUT2D eigenvalue weighted by Gasteiger charge is -2.23. The smallest absolute Gasteiger partial charge is 0.416 e. The van der Waals surface area contributed by atoms with Crippen LogP contribution in [0, 0.1) is 6.92 Å². The van der Waals surface area contributed by atoms with Gasteiger partial charge in [-0.25, -0.2) is 0 Å². The minimum absolute atomic E-state index is 0.0775. The van der Waals surface area contributed by atoms with Gasteiger partial charge in [0, 0.05) is 5.69 Å². The van der Waals surface area contributed by atoms with Gasteiger partial charge in [-0.1, -0.05) is 39.0 Å². The Labute approximate surface area is 151 Å². The predicted octanol–water partition coefficient (Wildman–Crippen LogP) is 5.33. The number of anilines is 1. The van der Waals surface area contributed by atoms with Crippen LogP contribution in [0.25, 0.3) is 0 Å². The van der Waals surface area contributed by atoms with Crippen molar-refractivity contribution in [1.29, 1.82) is 0 Å². The number of benzene rings is 2. The molecular formula is C20H22F3NO2. The maximum absolute atomic E-state index is 12.7. The molecule has 0 saturated heterocycles. The molecule has 1 N–H and O–H groups in total. The molecule has 0 unspecified atom stereocenters. The highest BCUT2D eigenvalue weighted by Crippen LogP contribution is 2.32. The average Bonchev–Trinajstić information content (AvgIpc) is 2.51. The molecule has 26 heavy (non-hydrogen) atoms. The summed E-state index contributed by atoms with van der Waals surface area (Å²) in [4.78, 5) is 12.1. The molecule has 0 bridgehead atoms. The standard InChI is InChI=1S/C20H22F3NO2/c1-13-8-9-16(19(2,3)4)17(10-13)26-12-18(25)24-15-7-5-6-14(11-15)20(21,22)23/h5-11H,12H2,1-4H3,(H,24,25). The summed E-state index contributed by atoms with van der Waals surface area (Å²) in [6.45, 7) is 7.73. The van der Waals surface area contributed by atoms with E-state index >= 15 is 0 Å². The van der Waals surface area contributed by atoms with Crippen molar-refractivity contribution in [3.8, 4) is 5.75 Å². The molecule has 0 spiro atoms. The van der Waals surface area contributed by atoms with E-state index < -0.39 is 17.6 Å². The van der Waals surface area contributed by atoms with Gasteiger partial charge in [0.15, 0.2) is 6.61 Å². The number of hydrogen-bond acceptors (Lipinski definition) is 2. The number of alkyl halides is 3. The molecule has 2 aromatic carbocycles. The second kappa shape index (κ2) is 7.40. The number of aryl methyl sites for hydroxylation is 1. The van der Waals surface area contributed by atoms with Gasteiger partial charge in [-0.2, -0.15) is 13.2 Å². The van der Waals surface area contributed by atoms with Crippen molar-refractivity contribution in [2.45, 2.75) is 39.3 Å². The van der Waals surface area contributed by atoms with E-state index in [1.54, 1.807) is 0 Å². The van der Waals surface area contributed by atoms with Gasteiger partial charge in [-0.3, -0.25) is 4.79 Å². The molecule has 0 fully saturated rings. The van der Waals surface area contributed by atoms with Crippen LogP contribution >= 0.6 is 0 Å². The number of nitrogens with one attached hydrogen (secondary N) is 1. The first-order valence-corrected chi connectivity index (χ1v) is 8.18. The zero-order valence-corrected chi connectivity index (χ0v) is 15.2. The Hall–Kier alpha value is -2.50. The quantitative estimate of drug-likeness (QED) is 0.795. The van der Waals surface area contributed by atoms with Crippen LogP contribution in [0.3, 0.4) is 0 Å². The number of hydrogen-bond donors (Lipinski definition) is 1. The summed E-state index contributed by atoms with van der Waals surface area (Å²) in [5.41, 5.74) is 1.04. The Morgan fingerprint density at radius 1 is 1.08 bits per heavy atom. The van der Waals surface area contributed by atoms with Gasteiger partial charge in [0.25, 0.3) is 5.91 Å². The van der Waals surface area contributed by atoms with Gasteiger partial charge < -0.3 is 10.1 Å². The van der Waals surface area contributed by atoms with Crippen molar-refractivity contribution in [1.82, 2.24) is 0 Å². The van der Waals surface area contributed by atoms with Gasteiger partial charge >= 0.3 is 6.18 Å². The maximum Gasteiger partial charge on any atom is 0.416 e. The molecule has 0 heterocycles. The van der Waals surface area contributed by atoms with E-state index in [0.717, 1.165) is 23.3 Å². The fourth-order valence-corrected chi connectivity index (χ4v) is 2.48. The van der Waals surface area contributed by atoms with Gasteiger partial charge in [-0.15, -0.1) is 0 Å². The lowest BCUT2D eigenvalue weighted by atomic mass is 9.86. The number of ether oxygens (including phenoxy) is 1. The zero-order chi connectivity index (χ0) is 19.5. The third-order valence-corrected chi connectivity index (χ3v) is 3.78. The van der Waals surface area contributed by atoms with E-state index in [1.807, 2.05) is 45.9 Å². The Morgan fingerprint density at radius 3 is 2.38 bits per heavy atom. The molecule has 2 aromatic rings. The van der Waals surface area contributed by atoms with E-state index in [2.05, 4.69) is 5.32 Å². The van der Waals surface area contributed by atoms with Crippen LogP contribution in [0.5, 0.6) is 5.75 Å². The summed E-state index contributed by atoms with van der Waals surface area (Å²) < 4.78 is 43.8. The van der Waals surface area contributed by atoms with Gasteiger partial charge in [0.2, 0.25) is 0 Å².